The number of ketones is 1. The largest absolute Gasteiger partial charge is 0.335 e. The number of benzene rings is 1. The highest BCUT2D eigenvalue weighted by Gasteiger charge is 2.35. The first-order valence-electron chi connectivity index (χ1n) is 6.44. The van der Waals surface area contributed by atoms with Crippen LogP contribution in [0.5, 0.6) is 0 Å². The van der Waals surface area contributed by atoms with Crippen LogP contribution in [0.2, 0.25) is 0 Å². The molecule has 0 aliphatic carbocycles. The average Bonchev–Trinajstić information content (AvgIpc) is 2.35. The first kappa shape index (κ1) is 14.3. The number of Topliss-reactive ketones (excluding diaryl/α,β-unsaturated/α-hetero) is 1. The smallest absolute Gasteiger partial charge is 0.227 e. The molecule has 102 valence electrons. The van der Waals surface area contributed by atoms with Crippen molar-refractivity contribution >= 4 is 27.6 Å². The zero-order valence-corrected chi connectivity index (χ0v) is 12.9. The van der Waals surface area contributed by atoms with Crippen LogP contribution in [0, 0.1) is 5.41 Å². The molecule has 1 amide bonds. The molecule has 1 aromatic rings. The third-order valence-corrected chi connectivity index (χ3v) is 4.25. The van der Waals surface area contributed by atoms with Crippen molar-refractivity contribution < 1.29 is 9.59 Å². The summed E-state index contributed by atoms with van der Waals surface area (Å²) in [4.78, 5) is 25.8. The van der Waals surface area contributed by atoms with Crippen LogP contribution in [0.25, 0.3) is 0 Å². The summed E-state index contributed by atoms with van der Waals surface area (Å²) in [5.41, 5.74) is 0.694. The van der Waals surface area contributed by atoms with E-state index in [1.807, 2.05) is 38.1 Å². The van der Waals surface area contributed by atoms with Gasteiger partial charge in [-0.1, -0.05) is 41.9 Å². The van der Waals surface area contributed by atoms with Gasteiger partial charge in [-0.2, -0.15) is 0 Å². The summed E-state index contributed by atoms with van der Waals surface area (Å²) >= 11 is 3.37. The lowest BCUT2D eigenvalue weighted by atomic mass is 9.81. The second-order valence-electron chi connectivity index (χ2n) is 5.68. The minimum atomic E-state index is -0.283. The molecular formula is C15H18BrNO2. The van der Waals surface area contributed by atoms with Crippen molar-refractivity contribution in [3.05, 3.63) is 34.3 Å². The van der Waals surface area contributed by atoms with Crippen LogP contribution in [0.15, 0.2) is 28.7 Å². The number of piperidine rings is 1. The average molecular weight is 324 g/mol. The van der Waals surface area contributed by atoms with Crippen LogP contribution in [-0.2, 0) is 16.0 Å². The fourth-order valence-electron chi connectivity index (χ4n) is 2.12. The second kappa shape index (κ2) is 5.45. The summed E-state index contributed by atoms with van der Waals surface area (Å²) in [7, 11) is 0. The monoisotopic (exact) mass is 323 g/mol. The highest BCUT2D eigenvalue weighted by molar-refractivity contribution is 9.10. The van der Waals surface area contributed by atoms with Gasteiger partial charge in [0.2, 0.25) is 5.91 Å². The van der Waals surface area contributed by atoms with Crippen LogP contribution in [0.1, 0.15) is 25.8 Å². The van der Waals surface area contributed by atoms with Gasteiger partial charge in [-0.3, -0.25) is 9.59 Å². The Hall–Kier alpha value is -1.16. The first-order valence-corrected chi connectivity index (χ1v) is 7.23. The Labute approximate surface area is 122 Å². The standard InChI is InChI=1S/C15H18BrNO2/c1-15(2)7-8-17(10-13(15)18)14(19)9-11-3-5-12(16)6-4-11/h3-6H,7-10H2,1-2H3. The van der Waals surface area contributed by atoms with E-state index in [0.717, 1.165) is 16.5 Å². The van der Waals surface area contributed by atoms with Gasteiger partial charge in [0, 0.05) is 16.4 Å². The number of likely N-dealkylation sites (tertiary alicyclic amines) is 1. The molecule has 1 saturated heterocycles. The third-order valence-electron chi connectivity index (χ3n) is 3.72. The lowest BCUT2D eigenvalue weighted by Gasteiger charge is -2.35. The quantitative estimate of drug-likeness (QED) is 0.839. The summed E-state index contributed by atoms with van der Waals surface area (Å²) in [5.74, 6) is 0.189. The molecule has 3 nitrogen and oxygen atoms in total. The van der Waals surface area contributed by atoms with Crippen molar-refractivity contribution in [3.63, 3.8) is 0 Å². The van der Waals surface area contributed by atoms with E-state index in [4.69, 9.17) is 0 Å². The van der Waals surface area contributed by atoms with E-state index < -0.39 is 0 Å². The van der Waals surface area contributed by atoms with E-state index in [1.165, 1.54) is 0 Å². The van der Waals surface area contributed by atoms with Gasteiger partial charge in [-0.25, -0.2) is 0 Å². The maximum absolute atomic E-state index is 12.2. The third kappa shape index (κ3) is 3.44. The summed E-state index contributed by atoms with van der Waals surface area (Å²) in [6.45, 7) is 4.83. The van der Waals surface area contributed by atoms with Gasteiger partial charge in [-0.15, -0.1) is 0 Å². The summed E-state index contributed by atoms with van der Waals surface area (Å²) in [6.07, 6.45) is 1.11. The van der Waals surface area contributed by atoms with E-state index >= 15 is 0 Å². The predicted molar refractivity (Wildman–Crippen MR) is 77.8 cm³/mol. The molecular weight excluding hydrogens is 306 g/mol. The Morgan fingerprint density at radius 1 is 1.32 bits per heavy atom. The number of nitrogens with zero attached hydrogens (tertiary/aromatic N) is 1. The number of rotatable bonds is 2. The fourth-order valence-corrected chi connectivity index (χ4v) is 2.39. The molecule has 0 spiro atoms. The number of halogens is 1. The molecule has 1 fully saturated rings. The van der Waals surface area contributed by atoms with Crippen LogP contribution in [0.3, 0.4) is 0 Å². The normalized spacial score (nSPS) is 18.5. The van der Waals surface area contributed by atoms with Gasteiger partial charge < -0.3 is 4.90 Å². The molecule has 0 N–H and O–H groups in total. The molecule has 0 aromatic heterocycles. The topological polar surface area (TPSA) is 37.4 Å². The maximum Gasteiger partial charge on any atom is 0.227 e. The second-order valence-corrected chi connectivity index (χ2v) is 6.59. The Morgan fingerprint density at radius 3 is 2.53 bits per heavy atom. The van der Waals surface area contributed by atoms with Gasteiger partial charge in [0.1, 0.15) is 0 Å². The number of amides is 1. The van der Waals surface area contributed by atoms with Gasteiger partial charge in [0.05, 0.1) is 13.0 Å². The minimum Gasteiger partial charge on any atom is -0.335 e. The van der Waals surface area contributed by atoms with Crippen molar-refractivity contribution in [1.29, 1.82) is 0 Å². The Kier molecular flexibility index (Phi) is 4.09. The molecule has 0 unspecified atom stereocenters. The first-order chi connectivity index (χ1) is 8.88. The van der Waals surface area contributed by atoms with Crippen molar-refractivity contribution in [1.82, 2.24) is 4.90 Å². The summed E-state index contributed by atoms with van der Waals surface area (Å²) in [6, 6.07) is 7.70. The van der Waals surface area contributed by atoms with Crippen molar-refractivity contribution in [2.24, 2.45) is 5.41 Å². The van der Waals surface area contributed by atoms with Crippen LogP contribution in [0.4, 0.5) is 0 Å². The molecule has 1 aliphatic rings. The SMILES string of the molecule is CC1(C)CCN(C(=O)Cc2ccc(Br)cc2)CC1=O. The van der Waals surface area contributed by atoms with Gasteiger partial charge >= 0.3 is 0 Å². The van der Waals surface area contributed by atoms with E-state index in [-0.39, 0.29) is 23.7 Å². The zero-order valence-electron chi connectivity index (χ0n) is 11.3. The molecule has 2 rings (SSSR count). The van der Waals surface area contributed by atoms with E-state index in [1.54, 1.807) is 4.90 Å². The highest BCUT2D eigenvalue weighted by atomic mass is 79.9. The fraction of sp³-hybridized carbons (Fsp3) is 0.467. The Balaban J connectivity index is 1.98. The van der Waals surface area contributed by atoms with Gasteiger partial charge in [0.25, 0.3) is 0 Å². The lowest BCUT2D eigenvalue weighted by Crippen LogP contribution is -2.48. The number of carbonyl (C=O) groups excluding carboxylic acids is 2. The maximum atomic E-state index is 12.2. The van der Waals surface area contributed by atoms with Gasteiger partial charge in [0.15, 0.2) is 5.78 Å². The summed E-state index contributed by atoms with van der Waals surface area (Å²) < 4.78 is 0.999. The highest BCUT2D eigenvalue weighted by Crippen LogP contribution is 2.27. The molecule has 0 bridgehead atoms. The van der Waals surface area contributed by atoms with Crippen LogP contribution >= 0.6 is 15.9 Å². The molecule has 0 atom stereocenters. The van der Waals surface area contributed by atoms with Crippen LogP contribution < -0.4 is 0 Å². The predicted octanol–water partition coefficient (Wildman–Crippen LogP) is 2.82. The summed E-state index contributed by atoms with van der Waals surface area (Å²) in [5, 5.41) is 0. The van der Waals surface area contributed by atoms with Crippen molar-refractivity contribution in [3.8, 4) is 0 Å². The van der Waals surface area contributed by atoms with E-state index in [9.17, 15) is 9.59 Å². The molecule has 19 heavy (non-hydrogen) atoms. The number of hydrogen-bond acceptors (Lipinski definition) is 2. The number of hydrogen-bond donors (Lipinski definition) is 0. The Morgan fingerprint density at radius 2 is 1.95 bits per heavy atom. The number of carbonyl (C=O) groups is 2. The minimum absolute atomic E-state index is 0.0335. The van der Waals surface area contributed by atoms with Gasteiger partial charge in [-0.05, 0) is 24.1 Å². The van der Waals surface area contributed by atoms with Crippen molar-refractivity contribution in [2.45, 2.75) is 26.7 Å². The lowest BCUT2D eigenvalue weighted by molar-refractivity contribution is -0.142. The van der Waals surface area contributed by atoms with Crippen LogP contribution in [-0.4, -0.2) is 29.7 Å². The molecule has 4 heteroatoms. The molecule has 1 heterocycles. The van der Waals surface area contributed by atoms with E-state index in [0.29, 0.717) is 13.0 Å². The molecule has 0 saturated carbocycles. The van der Waals surface area contributed by atoms with Crippen molar-refractivity contribution in [2.75, 3.05) is 13.1 Å². The molecule has 1 aromatic carbocycles. The molecule has 1 aliphatic heterocycles. The van der Waals surface area contributed by atoms with E-state index in [2.05, 4.69) is 15.9 Å². The zero-order chi connectivity index (χ0) is 14.0. The Bertz CT molecular complexity index is 493. The molecule has 0 radical (unpaired) electrons.